The summed E-state index contributed by atoms with van der Waals surface area (Å²) < 4.78 is 25.4. The summed E-state index contributed by atoms with van der Waals surface area (Å²) >= 11 is 1.67. The fourth-order valence-electron chi connectivity index (χ4n) is 1.02. The van der Waals surface area contributed by atoms with Gasteiger partial charge in [0.25, 0.3) is 0 Å². The zero-order valence-corrected chi connectivity index (χ0v) is 10.2. The Labute approximate surface area is 85.7 Å². The maximum absolute atomic E-state index is 11.4. The molecule has 0 aliphatic rings. The van der Waals surface area contributed by atoms with Gasteiger partial charge in [-0.2, -0.15) is 11.8 Å². The molecule has 3 nitrogen and oxygen atoms in total. The Kier molecular flexibility index (Phi) is 6.81. The molecule has 0 heterocycles. The Morgan fingerprint density at radius 3 is 2.38 bits per heavy atom. The first-order valence-corrected chi connectivity index (χ1v) is 7.59. The Hall–Kier alpha value is 0.260. The smallest absolute Gasteiger partial charge is 0.211 e. The van der Waals surface area contributed by atoms with E-state index in [0.717, 1.165) is 12.2 Å². The van der Waals surface area contributed by atoms with E-state index < -0.39 is 10.0 Å². The highest BCUT2D eigenvalue weighted by Gasteiger charge is 2.14. The minimum Gasteiger partial charge on any atom is -0.212 e. The molecule has 80 valence electrons. The number of nitrogens with one attached hydrogen (secondary N) is 1. The predicted molar refractivity (Wildman–Crippen MR) is 59.7 cm³/mol. The van der Waals surface area contributed by atoms with Crippen LogP contribution < -0.4 is 4.72 Å². The predicted octanol–water partition coefficient (Wildman–Crippen LogP) is 1.46. The Morgan fingerprint density at radius 1 is 1.38 bits per heavy atom. The molecular weight excluding hydrogens is 206 g/mol. The van der Waals surface area contributed by atoms with Crippen molar-refractivity contribution < 1.29 is 8.42 Å². The summed E-state index contributed by atoms with van der Waals surface area (Å²) in [6.07, 6.45) is 3.51. The molecule has 0 spiro atoms. The minimum atomic E-state index is -3.03. The number of thioether (sulfide) groups is 1. The second-order valence-electron chi connectivity index (χ2n) is 3.00. The van der Waals surface area contributed by atoms with Crippen LogP contribution in [-0.2, 0) is 10.0 Å². The Morgan fingerprint density at radius 2 is 2.00 bits per heavy atom. The van der Waals surface area contributed by atoms with Gasteiger partial charge >= 0.3 is 0 Å². The average molecular weight is 225 g/mol. The monoisotopic (exact) mass is 225 g/mol. The van der Waals surface area contributed by atoms with Gasteiger partial charge in [-0.15, -0.1) is 0 Å². The van der Waals surface area contributed by atoms with Crippen LogP contribution in [0.2, 0.25) is 0 Å². The fraction of sp³-hybridized carbons (Fsp3) is 1.00. The van der Waals surface area contributed by atoms with Gasteiger partial charge in [-0.05, 0) is 19.1 Å². The molecule has 1 N–H and O–H groups in total. The van der Waals surface area contributed by atoms with Crippen LogP contribution in [0.15, 0.2) is 0 Å². The van der Waals surface area contributed by atoms with Gasteiger partial charge in [0.2, 0.25) is 10.0 Å². The molecule has 0 amide bonds. The first kappa shape index (κ1) is 13.3. The molecule has 0 saturated heterocycles. The number of rotatable bonds is 7. The maximum Gasteiger partial charge on any atom is 0.211 e. The number of hydrogen-bond acceptors (Lipinski definition) is 3. The Bertz CT molecular complexity index is 214. The quantitative estimate of drug-likeness (QED) is 0.713. The van der Waals surface area contributed by atoms with Crippen LogP contribution >= 0.6 is 11.8 Å². The van der Waals surface area contributed by atoms with E-state index in [0.29, 0.717) is 6.42 Å². The van der Waals surface area contributed by atoms with Gasteiger partial charge in [-0.25, -0.2) is 13.1 Å². The highest BCUT2D eigenvalue weighted by Crippen LogP contribution is 2.03. The summed E-state index contributed by atoms with van der Waals surface area (Å²) in [4.78, 5) is 0. The molecule has 1 atom stereocenters. The highest BCUT2D eigenvalue weighted by atomic mass is 32.2. The van der Waals surface area contributed by atoms with Crippen molar-refractivity contribution in [2.75, 3.05) is 17.8 Å². The largest absolute Gasteiger partial charge is 0.212 e. The molecule has 0 saturated carbocycles. The molecule has 0 aromatic rings. The van der Waals surface area contributed by atoms with E-state index in [-0.39, 0.29) is 11.8 Å². The highest BCUT2D eigenvalue weighted by molar-refractivity contribution is 7.98. The van der Waals surface area contributed by atoms with E-state index in [1.807, 2.05) is 20.1 Å². The SMILES string of the molecule is CCCS(=O)(=O)NC(CC)CSC. The molecule has 0 aromatic heterocycles. The molecule has 0 fully saturated rings. The van der Waals surface area contributed by atoms with Crippen LogP contribution in [0.3, 0.4) is 0 Å². The van der Waals surface area contributed by atoms with E-state index in [2.05, 4.69) is 4.72 Å². The van der Waals surface area contributed by atoms with Gasteiger partial charge in [0.15, 0.2) is 0 Å². The summed E-state index contributed by atoms with van der Waals surface area (Å²) in [5.74, 6) is 1.08. The van der Waals surface area contributed by atoms with Crippen molar-refractivity contribution in [1.29, 1.82) is 0 Å². The maximum atomic E-state index is 11.4. The van der Waals surface area contributed by atoms with Crippen molar-refractivity contribution >= 4 is 21.8 Å². The normalized spacial score (nSPS) is 14.4. The summed E-state index contributed by atoms with van der Waals surface area (Å²) in [5.41, 5.74) is 0. The second kappa shape index (κ2) is 6.68. The van der Waals surface area contributed by atoms with Gasteiger partial charge in [-0.3, -0.25) is 0 Å². The third-order valence-corrected chi connectivity index (χ3v) is 4.05. The Balaban J connectivity index is 4.06. The third-order valence-electron chi connectivity index (χ3n) is 1.68. The zero-order valence-electron chi connectivity index (χ0n) is 8.54. The van der Waals surface area contributed by atoms with E-state index >= 15 is 0 Å². The van der Waals surface area contributed by atoms with Crippen molar-refractivity contribution in [3.63, 3.8) is 0 Å². The van der Waals surface area contributed by atoms with Gasteiger partial charge in [0.05, 0.1) is 5.75 Å². The molecule has 0 aromatic carbocycles. The summed E-state index contributed by atoms with van der Waals surface area (Å²) in [7, 11) is -3.03. The standard InChI is InChI=1S/C8H19NO2S2/c1-4-6-13(10,11)9-8(5-2)7-12-3/h8-9H,4-7H2,1-3H3. The number of hydrogen-bond donors (Lipinski definition) is 1. The van der Waals surface area contributed by atoms with Gasteiger partial charge in [-0.1, -0.05) is 13.8 Å². The van der Waals surface area contributed by atoms with Gasteiger partial charge < -0.3 is 0 Å². The van der Waals surface area contributed by atoms with Crippen molar-refractivity contribution in [1.82, 2.24) is 4.72 Å². The van der Waals surface area contributed by atoms with Crippen LogP contribution in [0.1, 0.15) is 26.7 Å². The number of sulfonamides is 1. The van der Waals surface area contributed by atoms with E-state index in [1.54, 1.807) is 11.8 Å². The lowest BCUT2D eigenvalue weighted by atomic mass is 10.3. The molecular formula is C8H19NO2S2. The van der Waals surface area contributed by atoms with Crippen molar-refractivity contribution in [2.24, 2.45) is 0 Å². The zero-order chi connectivity index (χ0) is 10.3. The van der Waals surface area contributed by atoms with Crippen LogP contribution in [0.4, 0.5) is 0 Å². The molecule has 0 radical (unpaired) electrons. The van der Waals surface area contributed by atoms with Crippen molar-refractivity contribution in [2.45, 2.75) is 32.7 Å². The third kappa shape index (κ3) is 6.35. The molecule has 0 bridgehead atoms. The molecule has 5 heteroatoms. The topological polar surface area (TPSA) is 46.2 Å². The second-order valence-corrected chi connectivity index (χ2v) is 5.78. The molecule has 0 rings (SSSR count). The van der Waals surface area contributed by atoms with Gasteiger partial charge in [0.1, 0.15) is 0 Å². The fourth-order valence-corrected chi connectivity index (χ4v) is 3.26. The van der Waals surface area contributed by atoms with Crippen LogP contribution in [0.5, 0.6) is 0 Å². The molecule has 0 aliphatic carbocycles. The molecule has 1 unspecified atom stereocenters. The van der Waals surface area contributed by atoms with Crippen LogP contribution in [-0.4, -0.2) is 32.2 Å². The average Bonchev–Trinajstić information content (AvgIpc) is 2.03. The van der Waals surface area contributed by atoms with Crippen molar-refractivity contribution in [3.05, 3.63) is 0 Å². The summed E-state index contributed by atoms with van der Waals surface area (Å²) in [6, 6.07) is 0.0894. The summed E-state index contributed by atoms with van der Waals surface area (Å²) in [6.45, 7) is 3.87. The lowest BCUT2D eigenvalue weighted by molar-refractivity contribution is 0.557. The first-order valence-electron chi connectivity index (χ1n) is 4.54. The lowest BCUT2D eigenvalue weighted by Gasteiger charge is -2.15. The van der Waals surface area contributed by atoms with Crippen molar-refractivity contribution in [3.8, 4) is 0 Å². The minimum absolute atomic E-state index is 0.0894. The van der Waals surface area contributed by atoms with Gasteiger partial charge in [0, 0.05) is 11.8 Å². The van der Waals surface area contributed by atoms with E-state index in [1.165, 1.54) is 0 Å². The van der Waals surface area contributed by atoms with Crippen LogP contribution in [0.25, 0.3) is 0 Å². The lowest BCUT2D eigenvalue weighted by Crippen LogP contribution is -2.37. The van der Waals surface area contributed by atoms with Crippen LogP contribution in [0, 0.1) is 0 Å². The first-order chi connectivity index (χ1) is 6.05. The van der Waals surface area contributed by atoms with E-state index in [9.17, 15) is 8.42 Å². The molecule has 0 aliphatic heterocycles. The summed E-state index contributed by atoms with van der Waals surface area (Å²) in [5, 5.41) is 0. The molecule has 13 heavy (non-hydrogen) atoms. The van der Waals surface area contributed by atoms with E-state index in [4.69, 9.17) is 0 Å².